The quantitative estimate of drug-likeness (QED) is 0.446. The van der Waals surface area contributed by atoms with Gasteiger partial charge < -0.3 is 9.47 Å². The van der Waals surface area contributed by atoms with E-state index in [-0.39, 0.29) is 17.7 Å². The number of pyridine rings is 1. The fourth-order valence-electron chi connectivity index (χ4n) is 1.59. The molecule has 0 amide bonds. The Morgan fingerprint density at radius 3 is 2.50 bits per heavy atom. The van der Waals surface area contributed by atoms with Crippen molar-refractivity contribution in [3.63, 3.8) is 0 Å². The van der Waals surface area contributed by atoms with Gasteiger partial charge in [-0.05, 0) is 18.6 Å². The minimum Gasteiger partial charge on any atom is -0.466 e. The highest BCUT2D eigenvalue weighted by molar-refractivity contribution is 6.17. The fraction of sp³-hybridized carbons (Fsp3) is 0.500. The van der Waals surface area contributed by atoms with Crippen molar-refractivity contribution in [2.75, 3.05) is 6.61 Å². The normalized spacial score (nSPS) is 11.6. The van der Waals surface area contributed by atoms with Crippen LogP contribution in [0.2, 0.25) is 0 Å². The molecule has 0 radical (unpaired) electrons. The second-order valence-corrected chi connectivity index (χ2v) is 4.22. The number of ether oxygens (including phenoxy) is 2. The number of esters is 1. The number of carbonyl (C=O) groups is 1. The number of alkyl halides is 6. The van der Waals surface area contributed by atoms with Gasteiger partial charge in [0.05, 0.1) is 18.9 Å². The molecule has 1 aromatic heterocycles. The second-order valence-electron chi connectivity index (χ2n) is 3.95. The van der Waals surface area contributed by atoms with Gasteiger partial charge in [-0.2, -0.15) is 0 Å². The van der Waals surface area contributed by atoms with E-state index < -0.39 is 42.6 Å². The van der Waals surface area contributed by atoms with Crippen molar-refractivity contribution in [1.82, 2.24) is 4.98 Å². The Labute approximate surface area is 127 Å². The predicted molar refractivity (Wildman–Crippen MR) is 65.8 cm³/mol. The Kier molecular flexibility index (Phi) is 6.34. The van der Waals surface area contributed by atoms with Crippen molar-refractivity contribution in [3.8, 4) is 5.88 Å². The average molecular weight is 348 g/mol. The van der Waals surface area contributed by atoms with Crippen molar-refractivity contribution < 1.29 is 36.2 Å². The van der Waals surface area contributed by atoms with Crippen molar-refractivity contribution in [2.45, 2.75) is 32.0 Å². The number of aromatic nitrogens is 1. The minimum atomic E-state index is -5.13. The van der Waals surface area contributed by atoms with Crippen LogP contribution in [0.15, 0.2) is 6.07 Å². The van der Waals surface area contributed by atoms with Crippen LogP contribution in [0.1, 0.15) is 30.2 Å². The first-order chi connectivity index (χ1) is 10.2. The zero-order valence-electron chi connectivity index (χ0n) is 11.2. The molecule has 0 unspecified atom stereocenters. The van der Waals surface area contributed by atoms with Gasteiger partial charge >= 0.3 is 12.3 Å². The fourth-order valence-corrected chi connectivity index (χ4v) is 1.88. The monoisotopic (exact) mass is 347 g/mol. The van der Waals surface area contributed by atoms with Gasteiger partial charge in [0.25, 0.3) is 6.43 Å². The molecule has 0 aliphatic rings. The smallest absolute Gasteiger partial charge is 0.466 e. The highest BCUT2D eigenvalue weighted by Gasteiger charge is 2.34. The molecule has 22 heavy (non-hydrogen) atoms. The SMILES string of the molecule is CCOC(=O)Cc1cc(C(F)F)nc(OC(F)(F)F)c1CCl. The largest absolute Gasteiger partial charge is 0.574 e. The lowest BCUT2D eigenvalue weighted by Crippen LogP contribution is -2.20. The third kappa shape index (κ3) is 5.28. The third-order valence-electron chi connectivity index (χ3n) is 2.41. The van der Waals surface area contributed by atoms with Gasteiger partial charge in [-0.15, -0.1) is 24.8 Å². The van der Waals surface area contributed by atoms with E-state index in [2.05, 4.69) is 14.5 Å². The van der Waals surface area contributed by atoms with E-state index in [1.165, 1.54) is 6.92 Å². The van der Waals surface area contributed by atoms with Crippen molar-refractivity contribution in [1.29, 1.82) is 0 Å². The maximum atomic E-state index is 12.7. The molecule has 124 valence electrons. The summed E-state index contributed by atoms with van der Waals surface area (Å²) in [5, 5.41) is 0. The molecule has 0 aliphatic heterocycles. The average Bonchev–Trinajstić information content (AvgIpc) is 2.36. The molecule has 0 aromatic carbocycles. The Morgan fingerprint density at radius 1 is 1.41 bits per heavy atom. The van der Waals surface area contributed by atoms with Gasteiger partial charge in [0.15, 0.2) is 0 Å². The predicted octanol–water partition coefficient (Wildman–Crippen LogP) is 3.76. The van der Waals surface area contributed by atoms with Gasteiger partial charge in [0.1, 0.15) is 5.69 Å². The molecule has 4 nitrogen and oxygen atoms in total. The van der Waals surface area contributed by atoms with E-state index in [1.807, 2.05) is 0 Å². The summed E-state index contributed by atoms with van der Waals surface area (Å²) in [6, 6.07) is 0.808. The third-order valence-corrected chi connectivity index (χ3v) is 2.68. The Morgan fingerprint density at radius 2 is 2.05 bits per heavy atom. The van der Waals surface area contributed by atoms with Crippen LogP contribution < -0.4 is 4.74 Å². The van der Waals surface area contributed by atoms with Crippen LogP contribution in [0, 0.1) is 0 Å². The standard InChI is InChI=1S/C12H11ClF5NO3/c1-2-21-9(20)4-6-3-8(10(14)15)19-11(7(6)5-13)22-12(16,17)18/h3,10H,2,4-5H2,1H3. The number of nitrogens with zero attached hydrogens (tertiary/aromatic N) is 1. The molecule has 10 heteroatoms. The van der Waals surface area contributed by atoms with Crippen LogP contribution in [0.25, 0.3) is 0 Å². The van der Waals surface area contributed by atoms with E-state index in [0.29, 0.717) is 0 Å². The molecular weight excluding hydrogens is 337 g/mol. The molecule has 0 aliphatic carbocycles. The summed E-state index contributed by atoms with van der Waals surface area (Å²) in [4.78, 5) is 14.5. The van der Waals surface area contributed by atoms with E-state index in [1.54, 1.807) is 0 Å². The van der Waals surface area contributed by atoms with Crippen molar-refractivity contribution >= 4 is 17.6 Å². The van der Waals surface area contributed by atoms with Crippen LogP contribution in [-0.4, -0.2) is 23.9 Å². The minimum absolute atomic E-state index is 0.0355. The zero-order chi connectivity index (χ0) is 16.9. The molecule has 0 atom stereocenters. The Hall–Kier alpha value is -1.64. The Bertz CT molecular complexity index is 536. The van der Waals surface area contributed by atoms with Gasteiger partial charge in [-0.3, -0.25) is 4.79 Å². The number of rotatable bonds is 6. The van der Waals surface area contributed by atoms with Crippen LogP contribution in [0.3, 0.4) is 0 Å². The van der Waals surface area contributed by atoms with Gasteiger partial charge in [-0.25, -0.2) is 13.8 Å². The molecule has 0 N–H and O–H groups in total. The maximum absolute atomic E-state index is 12.7. The van der Waals surface area contributed by atoms with Gasteiger partial charge in [0.2, 0.25) is 5.88 Å². The van der Waals surface area contributed by atoms with Gasteiger partial charge in [0, 0.05) is 5.56 Å². The first-order valence-electron chi connectivity index (χ1n) is 5.96. The summed E-state index contributed by atoms with van der Waals surface area (Å²) in [7, 11) is 0. The molecular formula is C12H11ClF5NO3. The zero-order valence-corrected chi connectivity index (χ0v) is 12.0. The van der Waals surface area contributed by atoms with Crippen LogP contribution in [0.4, 0.5) is 22.0 Å². The first kappa shape index (κ1) is 18.4. The summed E-state index contributed by atoms with van der Waals surface area (Å²) >= 11 is 5.53. The molecule has 0 fully saturated rings. The van der Waals surface area contributed by atoms with Crippen LogP contribution >= 0.6 is 11.6 Å². The molecule has 0 spiro atoms. The van der Waals surface area contributed by atoms with Crippen LogP contribution in [0.5, 0.6) is 5.88 Å². The molecule has 1 aromatic rings. The molecule has 0 bridgehead atoms. The summed E-state index contributed by atoms with van der Waals surface area (Å²) in [5.74, 6) is -2.39. The van der Waals surface area contributed by atoms with Gasteiger partial charge in [-0.1, -0.05) is 0 Å². The molecule has 0 saturated heterocycles. The number of halogens is 6. The molecule has 1 rings (SSSR count). The Balaban J connectivity index is 3.30. The summed E-state index contributed by atoms with van der Waals surface area (Å²) in [6.07, 6.45) is -8.79. The molecule has 1 heterocycles. The van der Waals surface area contributed by atoms with E-state index in [9.17, 15) is 26.7 Å². The first-order valence-corrected chi connectivity index (χ1v) is 6.49. The maximum Gasteiger partial charge on any atom is 0.574 e. The lowest BCUT2D eigenvalue weighted by Gasteiger charge is -2.16. The summed E-state index contributed by atoms with van der Waals surface area (Å²) < 4.78 is 70.7. The number of carbonyl (C=O) groups excluding carboxylic acids is 1. The topological polar surface area (TPSA) is 48.4 Å². The lowest BCUT2D eigenvalue weighted by atomic mass is 10.1. The van der Waals surface area contributed by atoms with Crippen LogP contribution in [-0.2, 0) is 21.8 Å². The lowest BCUT2D eigenvalue weighted by molar-refractivity contribution is -0.276. The number of hydrogen-bond acceptors (Lipinski definition) is 4. The highest BCUT2D eigenvalue weighted by Crippen LogP contribution is 2.31. The molecule has 0 saturated carbocycles. The summed E-state index contributed by atoms with van der Waals surface area (Å²) in [6.45, 7) is 1.56. The van der Waals surface area contributed by atoms with E-state index in [0.717, 1.165) is 6.07 Å². The van der Waals surface area contributed by atoms with E-state index >= 15 is 0 Å². The van der Waals surface area contributed by atoms with Crippen molar-refractivity contribution in [3.05, 3.63) is 22.9 Å². The second kappa shape index (κ2) is 7.57. The number of hydrogen-bond donors (Lipinski definition) is 0. The van der Waals surface area contributed by atoms with E-state index in [4.69, 9.17) is 11.6 Å². The van der Waals surface area contributed by atoms with Crippen molar-refractivity contribution in [2.24, 2.45) is 0 Å². The highest BCUT2D eigenvalue weighted by atomic mass is 35.5. The summed E-state index contributed by atoms with van der Waals surface area (Å²) in [5.41, 5.74) is -1.40.